The summed E-state index contributed by atoms with van der Waals surface area (Å²) in [4.78, 5) is 25.1. The van der Waals surface area contributed by atoms with E-state index in [0.29, 0.717) is 12.4 Å². The summed E-state index contributed by atoms with van der Waals surface area (Å²) in [7, 11) is 1.36. The Hall–Kier alpha value is -2.39. The monoisotopic (exact) mass is 370 g/mol. The second kappa shape index (κ2) is 5.80. The van der Waals surface area contributed by atoms with Crippen LogP contribution in [0.5, 0.6) is 0 Å². The van der Waals surface area contributed by atoms with Crippen LogP contribution in [0.15, 0.2) is 18.2 Å². The summed E-state index contributed by atoms with van der Waals surface area (Å²) in [5.41, 5.74) is 0.932. The largest absolute Gasteiger partial charge is 0.494 e. The Morgan fingerprint density at radius 3 is 2.44 bits per heavy atom. The van der Waals surface area contributed by atoms with Gasteiger partial charge < -0.3 is 9.31 Å². The van der Waals surface area contributed by atoms with E-state index in [2.05, 4.69) is 10.4 Å². The maximum Gasteiger partial charge on any atom is 0.494 e. The minimum atomic E-state index is -0.464. The van der Waals surface area contributed by atoms with Gasteiger partial charge in [0.25, 0.3) is 0 Å². The first-order valence-corrected chi connectivity index (χ1v) is 9.03. The molecule has 9 heteroatoms. The Bertz CT molecular complexity index is 936. The fraction of sp³-hybridized carbons (Fsp3) is 0.500. The number of fused-ring (bicyclic) bond motifs is 1. The summed E-state index contributed by atoms with van der Waals surface area (Å²) in [5.74, 6) is 0.275. The van der Waals surface area contributed by atoms with E-state index in [9.17, 15) is 9.59 Å². The number of rotatable bonds is 2. The maximum atomic E-state index is 12.2. The van der Waals surface area contributed by atoms with E-state index in [1.165, 1.54) is 4.90 Å². The smallest absolute Gasteiger partial charge is 0.399 e. The zero-order valence-corrected chi connectivity index (χ0v) is 16.2. The minimum Gasteiger partial charge on any atom is -0.399 e. The van der Waals surface area contributed by atoms with Crippen LogP contribution in [0.4, 0.5) is 10.6 Å². The number of imide groups is 1. The van der Waals surface area contributed by atoms with E-state index in [0.717, 1.165) is 16.4 Å². The molecule has 3 amide bonds. The maximum absolute atomic E-state index is 12.2. The lowest BCUT2D eigenvalue weighted by atomic mass is 9.79. The van der Waals surface area contributed by atoms with Crippen molar-refractivity contribution in [1.29, 1.82) is 0 Å². The Morgan fingerprint density at radius 1 is 1.15 bits per heavy atom. The van der Waals surface area contributed by atoms with Crippen molar-refractivity contribution < 1.29 is 18.9 Å². The van der Waals surface area contributed by atoms with Gasteiger partial charge >= 0.3 is 13.1 Å². The molecule has 0 radical (unpaired) electrons. The average molecular weight is 370 g/mol. The van der Waals surface area contributed by atoms with Gasteiger partial charge in [-0.15, -0.1) is 0 Å². The summed E-state index contributed by atoms with van der Waals surface area (Å²) in [5, 5.41) is 7.67. The van der Waals surface area contributed by atoms with Gasteiger partial charge in [0.2, 0.25) is 5.91 Å². The molecule has 3 heterocycles. The highest BCUT2D eigenvalue weighted by Gasteiger charge is 2.51. The number of carbonyl (C=O) groups excluding carboxylic acids is 2. The summed E-state index contributed by atoms with van der Waals surface area (Å²) in [6, 6.07) is 5.38. The molecule has 0 bridgehead atoms. The highest BCUT2D eigenvalue weighted by Crippen LogP contribution is 2.37. The van der Waals surface area contributed by atoms with Gasteiger partial charge in [0.05, 0.1) is 16.7 Å². The van der Waals surface area contributed by atoms with E-state index in [-0.39, 0.29) is 12.3 Å². The molecule has 2 fully saturated rings. The van der Waals surface area contributed by atoms with E-state index >= 15 is 0 Å². The number of nitrogens with zero attached hydrogens (tertiary/aromatic N) is 3. The molecule has 142 valence electrons. The fourth-order valence-electron chi connectivity index (χ4n) is 3.35. The van der Waals surface area contributed by atoms with E-state index in [1.54, 1.807) is 4.68 Å². The third-order valence-corrected chi connectivity index (χ3v) is 5.69. The van der Waals surface area contributed by atoms with Crippen molar-refractivity contribution in [2.75, 3.05) is 11.4 Å². The van der Waals surface area contributed by atoms with E-state index < -0.39 is 24.4 Å². The lowest BCUT2D eigenvalue weighted by Gasteiger charge is -2.32. The number of benzene rings is 1. The molecule has 0 spiro atoms. The number of urea groups is 1. The van der Waals surface area contributed by atoms with Gasteiger partial charge in [-0.1, -0.05) is 6.07 Å². The van der Waals surface area contributed by atoms with Crippen LogP contribution in [-0.2, 0) is 21.2 Å². The standard InChI is InChI=1S/C18H23BN4O4/c1-17(2)18(3,4)27-19(26-17)11-6-7-12-13(10-11)22(5)21-15(12)23-9-8-14(24)20-16(23)25/h6-7,10H,8-9H2,1-5H3,(H,20,24,25). The Kier molecular flexibility index (Phi) is 3.87. The molecule has 1 aromatic heterocycles. The van der Waals surface area contributed by atoms with Gasteiger partial charge in [-0.3, -0.25) is 19.7 Å². The third-order valence-electron chi connectivity index (χ3n) is 5.69. The number of amides is 3. The van der Waals surface area contributed by atoms with E-state index in [4.69, 9.17) is 9.31 Å². The van der Waals surface area contributed by atoms with E-state index in [1.807, 2.05) is 52.9 Å². The molecule has 2 aliphatic heterocycles. The van der Waals surface area contributed by atoms with Crippen molar-refractivity contribution in [3.63, 3.8) is 0 Å². The first-order chi connectivity index (χ1) is 12.6. The Balaban J connectivity index is 1.70. The molecule has 0 saturated carbocycles. The van der Waals surface area contributed by atoms with Crippen LogP contribution in [0.1, 0.15) is 34.1 Å². The summed E-state index contributed by atoms with van der Waals surface area (Å²) >= 11 is 0. The van der Waals surface area contributed by atoms with Gasteiger partial charge in [0.15, 0.2) is 5.82 Å². The second-order valence-electron chi connectivity index (χ2n) is 8.07. The molecule has 0 unspecified atom stereocenters. The van der Waals surface area contributed by atoms with Crippen LogP contribution in [0, 0.1) is 0 Å². The number of aryl methyl sites for hydroxylation is 1. The average Bonchev–Trinajstić information content (AvgIpc) is 3.01. The topological polar surface area (TPSA) is 85.7 Å². The molecule has 1 aromatic carbocycles. The summed E-state index contributed by atoms with van der Waals surface area (Å²) < 4.78 is 14.0. The minimum absolute atomic E-state index is 0.260. The highest BCUT2D eigenvalue weighted by molar-refractivity contribution is 6.62. The number of hydrogen-bond acceptors (Lipinski definition) is 5. The number of carbonyl (C=O) groups is 2. The normalized spacial score (nSPS) is 21.8. The number of aromatic nitrogens is 2. The lowest BCUT2D eigenvalue weighted by Crippen LogP contribution is -2.49. The SMILES string of the molecule is Cn1nc(N2CCC(=O)NC2=O)c2ccc(B3OC(C)(C)C(C)(C)O3)cc21. The van der Waals surface area contributed by atoms with Gasteiger partial charge in [0.1, 0.15) is 0 Å². The zero-order chi connectivity index (χ0) is 19.6. The van der Waals surface area contributed by atoms with Gasteiger partial charge in [-0.2, -0.15) is 5.10 Å². The molecular formula is C18H23BN4O4. The van der Waals surface area contributed by atoms with Crippen molar-refractivity contribution in [2.45, 2.75) is 45.3 Å². The molecular weight excluding hydrogens is 347 g/mol. The van der Waals surface area contributed by atoms with Crippen molar-refractivity contribution in [2.24, 2.45) is 7.05 Å². The van der Waals surface area contributed by atoms with Gasteiger partial charge in [0, 0.05) is 25.4 Å². The zero-order valence-electron chi connectivity index (χ0n) is 16.2. The predicted octanol–water partition coefficient (Wildman–Crippen LogP) is 1.32. The molecule has 0 atom stereocenters. The van der Waals surface area contributed by atoms with Crippen LogP contribution in [-0.4, -0.2) is 46.6 Å². The van der Waals surface area contributed by atoms with Crippen LogP contribution < -0.4 is 15.7 Å². The van der Waals surface area contributed by atoms with Crippen LogP contribution >= 0.6 is 0 Å². The summed E-state index contributed by atoms with van der Waals surface area (Å²) in [6.45, 7) is 8.39. The van der Waals surface area contributed by atoms with Crippen LogP contribution in [0.3, 0.4) is 0 Å². The first-order valence-electron chi connectivity index (χ1n) is 9.03. The molecule has 4 rings (SSSR count). The van der Waals surface area contributed by atoms with Crippen molar-refractivity contribution in [3.05, 3.63) is 18.2 Å². The number of anilines is 1. The lowest BCUT2D eigenvalue weighted by molar-refractivity contribution is -0.120. The molecule has 1 N–H and O–H groups in total. The Labute approximate surface area is 157 Å². The van der Waals surface area contributed by atoms with Gasteiger partial charge in [-0.25, -0.2) is 4.79 Å². The van der Waals surface area contributed by atoms with Crippen molar-refractivity contribution in [3.8, 4) is 0 Å². The molecule has 2 saturated heterocycles. The summed E-state index contributed by atoms with van der Waals surface area (Å²) in [6.07, 6.45) is 0.260. The number of hydrogen-bond donors (Lipinski definition) is 1. The van der Waals surface area contributed by atoms with Crippen LogP contribution in [0.25, 0.3) is 10.9 Å². The molecule has 0 aliphatic carbocycles. The van der Waals surface area contributed by atoms with Gasteiger partial charge in [-0.05, 0) is 45.3 Å². The second-order valence-corrected chi connectivity index (χ2v) is 8.07. The highest BCUT2D eigenvalue weighted by atomic mass is 16.7. The van der Waals surface area contributed by atoms with Crippen molar-refractivity contribution in [1.82, 2.24) is 15.1 Å². The Morgan fingerprint density at radius 2 is 1.81 bits per heavy atom. The molecule has 2 aliphatic rings. The van der Waals surface area contributed by atoms with Crippen LogP contribution in [0.2, 0.25) is 0 Å². The number of nitrogens with one attached hydrogen (secondary N) is 1. The molecule has 27 heavy (non-hydrogen) atoms. The fourth-order valence-corrected chi connectivity index (χ4v) is 3.35. The predicted molar refractivity (Wildman–Crippen MR) is 102 cm³/mol. The quantitative estimate of drug-likeness (QED) is 0.806. The third kappa shape index (κ3) is 2.81. The first kappa shape index (κ1) is 18.0. The van der Waals surface area contributed by atoms with Crippen molar-refractivity contribution >= 4 is 41.2 Å². The molecule has 8 nitrogen and oxygen atoms in total. The molecule has 2 aromatic rings.